The first-order valence-corrected chi connectivity index (χ1v) is 5.59. The number of hydrogen-bond donors (Lipinski definition) is 1. The molecule has 16 heavy (non-hydrogen) atoms. The number of benzene rings is 1. The lowest BCUT2D eigenvalue weighted by Gasteiger charge is -2.05. The van der Waals surface area contributed by atoms with E-state index in [0.717, 1.165) is 0 Å². The van der Waals surface area contributed by atoms with Crippen LogP contribution in [0.1, 0.15) is 0 Å². The Labute approximate surface area is 104 Å². The van der Waals surface area contributed by atoms with Crippen LogP contribution < -0.4 is 5.43 Å². The van der Waals surface area contributed by atoms with Gasteiger partial charge in [0.05, 0.1) is 10.7 Å². The van der Waals surface area contributed by atoms with Crippen molar-refractivity contribution in [2.75, 3.05) is 0 Å². The number of aromatic nitrogens is 1. The average molecular weight is 303 g/mol. The highest BCUT2D eigenvalue weighted by Gasteiger charge is 2.12. The van der Waals surface area contributed by atoms with E-state index in [9.17, 15) is 9.18 Å². The molecule has 5 heteroatoms. The van der Waals surface area contributed by atoms with Gasteiger partial charge in [0.2, 0.25) is 0 Å². The largest absolute Gasteiger partial charge is 0.361 e. The van der Waals surface area contributed by atoms with E-state index in [1.54, 1.807) is 12.1 Å². The molecule has 1 N–H and O–H groups in total. The van der Waals surface area contributed by atoms with Crippen LogP contribution in [-0.2, 0) is 0 Å². The van der Waals surface area contributed by atoms with Crippen molar-refractivity contribution in [2.45, 2.75) is 0 Å². The summed E-state index contributed by atoms with van der Waals surface area (Å²) in [6.07, 6.45) is 1.47. The summed E-state index contributed by atoms with van der Waals surface area (Å²) in [6, 6.07) is 5.87. The maximum absolute atomic E-state index is 13.8. The second-order valence-electron chi connectivity index (χ2n) is 3.16. The van der Waals surface area contributed by atoms with Crippen molar-refractivity contribution >= 4 is 27.5 Å². The zero-order chi connectivity index (χ0) is 11.7. The molecule has 0 aliphatic carbocycles. The summed E-state index contributed by atoms with van der Waals surface area (Å²) in [5.74, 6) is -0.558. The minimum atomic E-state index is -0.558. The summed E-state index contributed by atoms with van der Waals surface area (Å²) in [7, 11) is 0. The van der Waals surface area contributed by atoms with E-state index in [2.05, 4.69) is 20.9 Å². The number of pyridine rings is 1. The number of nitrogens with one attached hydrogen (secondary N) is 1. The Kier molecular flexibility index (Phi) is 3.12. The standard InChI is InChI=1S/C11H6BrClFNO/c12-8-2-1-7(11(14)10(8)13)9-5-6(16)3-4-15-9/h1-5H,(H,15,16). The Hall–Kier alpha value is -1.13. The van der Waals surface area contributed by atoms with Gasteiger partial charge < -0.3 is 4.98 Å². The predicted molar refractivity (Wildman–Crippen MR) is 65.2 cm³/mol. The van der Waals surface area contributed by atoms with Crippen LogP contribution in [0.4, 0.5) is 4.39 Å². The summed E-state index contributed by atoms with van der Waals surface area (Å²) in [4.78, 5) is 13.9. The lowest BCUT2D eigenvalue weighted by molar-refractivity contribution is 0.630. The van der Waals surface area contributed by atoms with Gasteiger partial charge in [-0.15, -0.1) is 0 Å². The molecule has 0 amide bonds. The molecule has 0 unspecified atom stereocenters. The normalized spacial score (nSPS) is 10.4. The number of aromatic amines is 1. The minimum absolute atomic E-state index is 0.00204. The van der Waals surface area contributed by atoms with Crippen LogP contribution in [0.15, 0.2) is 39.7 Å². The van der Waals surface area contributed by atoms with Gasteiger partial charge in [-0.2, -0.15) is 0 Å². The minimum Gasteiger partial charge on any atom is -0.361 e. The van der Waals surface area contributed by atoms with Crippen LogP contribution in [0.5, 0.6) is 0 Å². The molecular formula is C11H6BrClFNO. The lowest BCUT2D eigenvalue weighted by atomic mass is 10.1. The second kappa shape index (κ2) is 4.39. The number of halogens is 3. The molecule has 0 saturated carbocycles. The Balaban J connectivity index is 2.66. The molecule has 0 fully saturated rings. The van der Waals surface area contributed by atoms with Gasteiger partial charge in [-0.1, -0.05) is 11.6 Å². The molecule has 1 heterocycles. The van der Waals surface area contributed by atoms with Crippen LogP contribution in [0.3, 0.4) is 0 Å². The second-order valence-corrected chi connectivity index (χ2v) is 4.39. The van der Waals surface area contributed by atoms with Gasteiger partial charge in [0.15, 0.2) is 11.2 Å². The third kappa shape index (κ3) is 2.03. The van der Waals surface area contributed by atoms with Crippen LogP contribution in [0.25, 0.3) is 11.3 Å². The number of H-pyrrole nitrogens is 1. The molecule has 0 aliphatic heterocycles. The third-order valence-corrected chi connectivity index (χ3v) is 3.36. The van der Waals surface area contributed by atoms with E-state index in [0.29, 0.717) is 10.2 Å². The number of hydrogen-bond acceptors (Lipinski definition) is 1. The maximum Gasteiger partial charge on any atom is 0.182 e. The highest BCUT2D eigenvalue weighted by Crippen LogP contribution is 2.31. The molecule has 0 atom stereocenters. The summed E-state index contributed by atoms with van der Waals surface area (Å²) >= 11 is 8.88. The van der Waals surface area contributed by atoms with Gasteiger partial charge in [-0.3, -0.25) is 4.79 Å². The van der Waals surface area contributed by atoms with Crippen molar-refractivity contribution in [3.63, 3.8) is 0 Å². The first-order valence-electron chi connectivity index (χ1n) is 4.42. The topological polar surface area (TPSA) is 32.9 Å². The average Bonchev–Trinajstić information content (AvgIpc) is 2.26. The fourth-order valence-electron chi connectivity index (χ4n) is 1.34. The zero-order valence-electron chi connectivity index (χ0n) is 7.93. The smallest absolute Gasteiger partial charge is 0.182 e. The van der Waals surface area contributed by atoms with Crippen molar-refractivity contribution in [2.24, 2.45) is 0 Å². The van der Waals surface area contributed by atoms with Gasteiger partial charge >= 0.3 is 0 Å². The van der Waals surface area contributed by atoms with E-state index in [-0.39, 0.29) is 16.0 Å². The molecule has 1 aromatic heterocycles. The van der Waals surface area contributed by atoms with E-state index >= 15 is 0 Å². The highest BCUT2D eigenvalue weighted by atomic mass is 79.9. The van der Waals surface area contributed by atoms with Crippen molar-refractivity contribution in [3.8, 4) is 11.3 Å². The molecule has 0 saturated heterocycles. The van der Waals surface area contributed by atoms with Gasteiger partial charge in [0.1, 0.15) is 0 Å². The van der Waals surface area contributed by atoms with Crippen molar-refractivity contribution in [1.29, 1.82) is 0 Å². The zero-order valence-corrected chi connectivity index (χ0v) is 10.3. The molecule has 1 aromatic carbocycles. The van der Waals surface area contributed by atoms with Crippen LogP contribution >= 0.6 is 27.5 Å². The molecule has 2 rings (SSSR count). The molecule has 0 aliphatic rings. The Morgan fingerprint density at radius 3 is 2.75 bits per heavy atom. The Bertz CT molecular complexity index is 597. The van der Waals surface area contributed by atoms with Gasteiger partial charge in [-0.05, 0) is 28.1 Å². The monoisotopic (exact) mass is 301 g/mol. The Morgan fingerprint density at radius 1 is 1.31 bits per heavy atom. The maximum atomic E-state index is 13.8. The quantitative estimate of drug-likeness (QED) is 0.802. The van der Waals surface area contributed by atoms with Crippen LogP contribution in [0, 0.1) is 5.82 Å². The molecule has 2 aromatic rings. The molecule has 2 nitrogen and oxygen atoms in total. The molecule has 0 bridgehead atoms. The van der Waals surface area contributed by atoms with Crippen molar-refractivity contribution < 1.29 is 4.39 Å². The van der Waals surface area contributed by atoms with E-state index in [1.807, 2.05) is 0 Å². The van der Waals surface area contributed by atoms with Crippen LogP contribution in [-0.4, -0.2) is 4.98 Å². The van der Waals surface area contributed by atoms with Crippen molar-refractivity contribution in [3.05, 3.63) is 56.0 Å². The Morgan fingerprint density at radius 2 is 2.06 bits per heavy atom. The molecule has 82 valence electrons. The van der Waals surface area contributed by atoms with Crippen molar-refractivity contribution in [1.82, 2.24) is 4.98 Å². The molecular weight excluding hydrogens is 296 g/mol. The van der Waals surface area contributed by atoms with Gasteiger partial charge in [0.25, 0.3) is 0 Å². The van der Waals surface area contributed by atoms with E-state index in [1.165, 1.54) is 18.3 Å². The summed E-state index contributed by atoms with van der Waals surface area (Å²) in [5.41, 5.74) is 0.484. The molecule has 0 radical (unpaired) electrons. The third-order valence-electron chi connectivity index (χ3n) is 2.10. The van der Waals surface area contributed by atoms with Gasteiger partial charge in [-0.25, -0.2) is 4.39 Å². The number of rotatable bonds is 1. The highest BCUT2D eigenvalue weighted by molar-refractivity contribution is 9.10. The summed E-state index contributed by atoms with van der Waals surface area (Å²) < 4.78 is 14.3. The van der Waals surface area contributed by atoms with E-state index < -0.39 is 5.82 Å². The SMILES string of the molecule is O=c1cc[nH]c(-c2ccc(Br)c(Cl)c2F)c1. The van der Waals surface area contributed by atoms with Crippen LogP contribution in [0.2, 0.25) is 5.02 Å². The summed E-state index contributed by atoms with van der Waals surface area (Å²) in [6.45, 7) is 0. The first-order chi connectivity index (χ1) is 7.59. The fraction of sp³-hybridized carbons (Fsp3) is 0. The molecule has 0 spiro atoms. The van der Waals surface area contributed by atoms with E-state index in [4.69, 9.17) is 11.6 Å². The first kappa shape index (κ1) is 11.4. The lowest BCUT2D eigenvalue weighted by Crippen LogP contribution is -1.99. The fourth-order valence-corrected chi connectivity index (χ4v) is 1.81. The predicted octanol–water partition coefficient (Wildman–Crippen LogP) is 3.60. The summed E-state index contributed by atoms with van der Waals surface area (Å²) in [5, 5.41) is 0.00204. The van der Waals surface area contributed by atoms with Gasteiger partial charge in [0, 0.05) is 28.4 Å².